The van der Waals surface area contributed by atoms with Gasteiger partial charge in [0.15, 0.2) is 0 Å². The molecule has 2 aromatic carbocycles. The van der Waals surface area contributed by atoms with Crippen molar-refractivity contribution in [3.63, 3.8) is 0 Å². The van der Waals surface area contributed by atoms with E-state index in [2.05, 4.69) is 5.32 Å². The molecule has 3 rings (SSSR count). The number of nitrogens with one attached hydrogen (secondary N) is 1. The van der Waals surface area contributed by atoms with Crippen LogP contribution in [0.25, 0.3) is 0 Å². The molecule has 0 aliphatic carbocycles. The summed E-state index contributed by atoms with van der Waals surface area (Å²) in [4.78, 5) is 12.4. The van der Waals surface area contributed by atoms with Crippen molar-refractivity contribution in [2.45, 2.75) is 38.8 Å². The molecule has 6 nitrogen and oxygen atoms in total. The van der Waals surface area contributed by atoms with Crippen molar-refractivity contribution < 1.29 is 17.6 Å². The highest BCUT2D eigenvalue weighted by Gasteiger charge is 2.34. The van der Waals surface area contributed by atoms with E-state index >= 15 is 0 Å². The summed E-state index contributed by atoms with van der Waals surface area (Å²) in [5.41, 5.74) is 1.91. The number of carbonyl (C=O) groups excluding carboxylic acids is 1. The summed E-state index contributed by atoms with van der Waals surface area (Å²) in [6.45, 7) is 2.58. The lowest BCUT2D eigenvalue weighted by atomic mass is 10.1. The molecule has 1 aliphatic heterocycles. The second kappa shape index (κ2) is 10.1. The summed E-state index contributed by atoms with van der Waals surface area (Å²) in [6.07, 6.45) is 2.26. The topological polar surface area (TPSA) is 69.7 Å². The van der Waals surface area contributed by atoms with E-state index in [0.29, 0.717) is 25.1 Å². The first kappa shape index (κ1) is 22.4. The van der Waals surface area contributed by atoms with E-state index in [4.69, 9.17) is 0 Å². The van der Waals surface area contributed by atoms with Gasteiger partial charge >= 0.3 is 0 Å². The van der Waals surface area contributed by atoms with Crippen molar-refractivity contribution in [3.05, 3.63) is 71.5 Å². The number of carbonyl (C=O) groups is 1. The fourth-order valence-electron chi connectivity index (χ4n) is 3.51. The number of aryl methyl sites for hydroxylation is 1. The number of hydrogen-bond donors (Lipinski definition) is 1. The first-order valence-electron chi connectivity index (χ1n) is 10.2. The van der Waals surface area contributed by atoms with Crippen LogP contribution < -0.4 is 5.32 Å². The zero-order valence-corrected chi connectivity index (χ0v) is 17.9. The van der Waals surface area contributed by atoms with E-state index in [9.17, 15) is 17.6 Å². The van der Waals surface area contributed by atoms with Gasteiger partial charge in [-0.05, 0) is 49.4 Å². The standard InChI is InChI=1S/C22H28FN3O3S/c1-18(8-9-19-6-3-2-4-7-19)24-22(27)17-26-15-5-14-25(30(26,28)29)16-20-10-12-21(23)13-11-20/h2-4,6-7,10-13,18H,5,8-9,14-17H2,1H3,(H,24,27)/t18-/m1/s1. The molecule has 1 heterocycles. The van der Waals surface area contributed by atoms with Crippen molar-refractivity contribution in [1.29, 1.82) is 0 Å². The third-order valence-corrected chi connectivity index (χ3v) is 7.10. The van der Waals surface area contributed by atoms with Crippen LogP contribution in [-0.2, 0) is 28.0 Å². The number of halogens is 1. The Labute approximate surface area is 177 Å². The van der Waals surface area contributed by atoms with Gasteiger partial charge in [-0.2, -0.15) is 17.0 Å². The van der Waals surface area contributed by atoms with Crippen LogP contribution in [0.5, 0.6) is 0 Å². The van der Waals surface area contributed by atoms with Crippen LogP contribution in [0.2, 0.25) is 0 Å². The molecular formula is C22H28FN3O3S. The lowest BCUT2D eigenvalue weighted by Gasteiger charge is -2.34. The van der Waals surface area contributed by atoms with Crippen LogP contribution in [0.4, 0.5) is 4.39 Å². The van der Waals surface area contributed by atoms with E-state index in [1.165, 1.54) is 26.3 Å². The van der Waals surface area contributed by atoms with Crippen LogP contribution >= 0.6 is 0 Å². The maximum Gasteiger partial charge on any atom is 0.282 e. The molecule has 1 fully saturated rings. The molecule has 0 unspecified atom stereocenters. The van der Waals surface area contributed by atoms with Crippen molar-refractivity contribution in [1.82, 2.24) is 13.9 Å². The van der Waals surface area contributed by atoms with Crippen molar-refractivity contribution in [3.8, 4) is 0 Å². The Kier molecular flexibility index (Phi) is 7.58. The molecule has 0 saturated carbocycles. The van der Waals surface area contributed by atoms with Gasteiger partial charge in [-0.3, -0.25) is 4.79 Å². The summed E-state index contributed by atoms with van der Waals surface area (Å²) in [6, 6.07) is 15.7. The Morgan fingerprint density at radius 2 is 1.70 bits per heavy atom. The lowest BCUT2D eigenvalue weighted by Crippen LogP contribution is -2.52. The predicted octanol–water partition coefficient (Wildman–Crippen LogP) is 2.72. The van der Waals surface area contributed by atoms with E-state index in [1.807, 2.05) is 37.3 Å². The first-order chi connectivity index (χ1) is 14.3. The highest BCUT2D eigenvalue weighted by molar-refractivity contribution is 7.86. The third kappa shape index (κ3) is 6.10. The van der Waals surface area contributed by atoms with Crippen LogP contribution in [0, 0.1) is 5.82 Å². The summed E-state index contributed by atoms with van der Waals surface area (Å²) >= 11 is 0. The van der Waals surface area contributed by atoms with Gasteiger partial charge < -0.3 is 5.32 Å². The van der Waals surface area contributed by atoms with E-state index < -0.39 is 10.2 Å². The number of rotatable bonds is 8. The second-order valence-corrected chi connectivity index (χ2v) is 9.58. The van der Waals surface area contributed by atoms with Gasteiger partial charge in [0.2, 0.25) is 5.91 Å². The Morgan fingerprint density at radius 1 is 1.03 bits per heavy atom. The van der Waals surface area contributed by atoms with E-state index in [1.54, 1.807) is 12.1 Å². The first-order valence-corrected chi connectivity index (χ1v) is 11.6. The zero-order valence-electron chi connectivity index (χ0n) is 17.1. The molecular weight excluding hydrogens is 405 g/mol. The van der Waals surface area contributed by atoms with Crippen molar-refractivity contribution in [2.24, 2.45) is 0 Å². The molecule has 0 spiro atoms. The Balaban J connectivity index is 1.53. The molecule has 1 saturated heterocycles. The number of hydrogen-bond acceptors (Lipinski definition) is 3. The minimum absolute atomic E-state index is 0.0551. The van der Waals surface area contributed by atoms with Gasteiger partial charge in [-0.1, -0.05) is 42.5 Å². The third-order valence-electron chi connectivity index (χ3n) is 5.18. The van der Waals surface area contributed by atoms with Gasteiger partial charge in [0.05, 0.1) is 6.54 Å². The van der Waals surface area contributed by atoms with Crippen molar-refractivity contribution >= 4 is 16.1 Å². The van der Waals surface area contributed by atoms with Gasteiger partial charge in [0.25, 0.3) is 10.2 Å². The van der Waals surface area contributed by atoms with Gasteiger partial charge in [0, 0.05) is 25.7 Å². The fourth-order valence-corrected chi connectivity index (χ4v) is 5.15. The maximum absolute atomic E-state index is 13.1. The summed E-state index contributed by atoms with van der Waals surface area (Å²) < 4.78 is 41.5. The largest absolute Gasteiger partial charge is 0.352 e. The average Bonchev–Trinajstić information content (AvgIpc) is 2.72. The summed E-state index contributed by atoms with van der Waals surface area (Å²) in [7, 11) is -3.75. The fraction of sp³-hybridized carbons (Fsp3) is 0.409. The number of amides is 1. The highest BCUT2D eigenvalue weighted by Crippen LogP contribution is 2.19. The van der Waals surface area contributed by atoms with Crippen molar-refractivity contribution in [2.75, 3.05) is 19.6 Å². The van der Waals surface area contributed by atoms with Gasteiger partial charge in [-0.25, -0.2) is 4.39 Å². The minimum atomic E-state index is -3.75. The molecule has 1 amide bonds. The van der Waals surface area contributed by atoms with Crippen LogP contribution in [0.1, 0.15) is 30.9 Å². The number of benzene rings is 2. The molecule has 30 heavy (non-hydrogen) atoms. The monoisotopic (exact) mass is 433 g/mol. The van der Waals surface area contributed by atoms with Crippen LogP contribution in [0.15, 0.2) is 54.6 Å². The lowest BCUT2D eigenvalue weighted by molar-refractivity contribution is -0.122. The van der Waals surface area contributed by atoms with Gasteiger partial charge in [-0.15, -0.1) is 0 Å². The molecule has 1 N–H and O–H groups in total. The van der Waals surface area contributed by atoms with E-state index in [0.717, 1.165) is 12.8 Å². The smallest absolute Gasteiger partial charge is 0.282 e. The highest BCUT2D eigenvalue weighted by atomic mass is 32.2. The summed E-state index contributed by atoms with van der Waals surface area (Å²) in [5, 5.41) is 2.90. The minimum Gasteiger partial charge on any atom is -0.352 e. The maximum atomic E-state index is 13.1. The Bertz CT molecular complexity index is 936. The Morgan fingerprint density at radius 3 is 2.40 bits per heavy atom. The molecule has 2 aromatic rings. The van der Waals surface area contributed by atoms with E-state index in [-0.39, 0.29) is 30.9 Å². The number of nitrogens with zero attached hydrogens (tertiary/aromatic N) is 2. The predicted molar refractivity (Wildman–Crippen MR) is 114 cm³/mol. The van der Waals surface area contributed by atoms with Crippen LogP contribution in [-0.4, -0.2) is 48.6 Å². The molecule has 0 radical (unpaired) electrons. The Hall–Kier alpha value is -2.29. The van der Waals surface area contributed by atoms with Gasteiger partial charge in [0.1, 0.15) is 5.82 Å². The molecule has 162 valence electrons. The molecule has 8 heteroatoms. The second-order valence-electron chi connectivity index (χ2n) is 7.65. The normalized spacial score (nSPS) is 18.1. The molecule has 0 aromatic heterocycles. The average molecular weight is 434 g/mol. The quantitative estimate of drug-likeness (QED) is 0.696. The van der Waals surface area contributed by atoms with Crippen LogP contribution in [0.3, 0.4) is 0 Å². The zero-order chi connectivity index (χ0) is 21.6. The molecule has 1 atom stereocenters. The summed E-state index contributed by atoms with van der Waals surface area (Å²) in [5.74, 6) is -0.664. The molecule has 0 bridgehead atoms. The molecule has 1 aliphatic rings. The SMILES string of the molecule is C[C@H](CCc1ccccc1)NC(=O)CN1CCCN(Cc2ccc(F)cc2)S1(=O)=O.